The zero-order chi connectivity index (χ0) is 71.3. The van der Waals surface area contributed by atoms with Gasteiger partial charge in [-0.3, -0.25) is 0 Å². The van der Waals surface area contributed by atoms with Crippen LogP contribution in [-0.4, -0.2) is 368 Å². The van der Waals surface area contributed by atoms with Crippen LogP contribution in [0.25, 0.3) is 0 Å². The van der Waals surface area contributed by atoms with E-state index in [-0.39, 0.29) is 0 Å². The molecule has 0 aromatic heterocycles. The Bertz CT molecular complexity index is 1240. The lowest BCUT2D eigenvalue weighted by atomic mass is 9.92. The Labute approximate surface area is 659 Å². The Kier molecular flexibility index (Phi) is 93.4. The van der Waals surface area contributed by atoms with E-state index < -0.39 is 10.8 Å². The van der Waals surface area contributed by atoms with E-state index in [2.05, 4.69) is 75.8 Å². The van der Waals surface area contributed by atoms with Crippen molar-refractivity contribution in [3.8, 4) is 0 Å². The van der Waals surface area contributed by atoms with E-state index in [4.69, 9.17) is 94.7 Å². The first kappa shape index (κ1) is 102. The molecule has 0 unspecified atom stereocenters. The second-order valence-electron chi connectivity index (χ2n) is 22.3. The fraction of sp³-hybridized carbons (Fsp3) is 1.00. The number of hydrogen-bond donors (Lipinski definition) is 6. The number of thiol groups is 6. The summed E-state index contributed by atoms with van der Waals surface area (Å²) in [5.74, 6) is 15.6. The molecular weight excluding hydrogens is 1510 g/mol. The molecule has 0 radical (unpaired) electrons. The fourth-order valence-corrected chi connectivity index (χ4v) is 13.6. The smallest absolute Gasteiger partial charge is 0.0700 e. The van der Waals surface area contributed by atoms with Crippen molar-refractivity contribution < 1.29 is 94.7 Å². The van der Waals surface area contributed by atoms with E-state index in [1.807, 2.05) is 70.6 Å². The number of thioether (sulfide) groups is 6. The van der Waals surface area contributed by atoms with Gasteiger partial charge >= 0.3 is 0 Å². The standard InChI is InChI=1S/C67H136O20S12/c88-40-28-68-16-22-74-34-52-94-46-2-10-82-60-66(61-83-11-3-47-95-53-35-75-23-17-69-29-41-89,62-84-12-4-48-96-54-36-76-24-18-70-30-42-90)58-80-8-1-9-81-59-67(63-85-13-5-49-97-55-37-77-25-19-71-31-43-91,64-86-14-6-50-98-56-38-78-26-20-72-32-44-92)65-87-15-7-51-99-57-39-79-27-21-73-33-45-93/h88-93H,1-65H2. The molecule has 596 valence electrons. The van der Waals surface area contributed by atoms with Gasteiger partial charge in [0.15, 0.2) is 0 Å². The van der Waals surface area contributed by atoms with Crippen LogP contribution in [0.1, 0.15) is 44.9 Å². The summed E-state index contributed by atoms with van der Waals surface area (Å²) in [5, 5.41) is 0. The van der Waals surface area contributed by atoms with Gasteiger partial charge < -0.3 is 94.7 Å². The SMILES string of the molecule is SCCOCCOCCSCCCOCC(COCCCOCC(COCCCSCCOCCOCCS)(COCCCSCCOCCOCCS)COCCCSCCOCCOCCS)(COCCCSCCOCCOCCS)COCCCSCCOCCOCCS. The average molecular weight is 1650 g/mol. The van der Waals surface area contributed by atoms with Gasteiger partial charge in [0.05, 0.1) is 222 Å². The van der Waals surface area contributed by atoms with E-state index in [1.54, 1.807) is 0 Å². The lowest BCUT2D eigenvalue weighted by molar-refractivity contribution is -0.114. The Morgan fingerprint density at radius 1 is 0.141 bits per heavy atom. The molecule has 0 rings (SSSR count). The molecular formula is C67H136O20S12. The summed E-state index contributed by atoms with van der Waals surface area (Å²) >= 11 is 36.4. The van der Waals surface area contributed by atoms with E-state index in [0.717, 1.165) is 108 Å². The first-order valence-electron chi connectivity index (χ1n) is 35.7. The highest BCUT2D eigenvalue weighted by Crippen LogP contribution is 2.25. The van der Waals surface area contributed by atoms with Crippen molar-refractivity contribution in [3.05, 3.63) is 0 Å². The van der Waals surface area contributed by atoms with E-state index >= 15 is 0 Å². The van der Waals surface area contributed by atoms with Gasteiger partial charge in [-0.25, -0.2) is 0 Å². The van der Waals surface area contributed by atoms with Crippen LogP contribution in [-0.2, 0) is 94.7 Å². The van der Waals surface area contributed by atoms with Crippen LogP contribution < -0.4 is 0 Å². The molecule has 0 fully saturated rings. The number of ether oxygens (including phenoxy) is 20. The average Bonchev–Trinajstić information content (AvgIpc) is 0.900. The zero-order valence-corrected chi connectivity index (χ0v) is 70.5. The Morgan fingerprint density at radius 3 is 0.434 bits per heavy atom. The lowest BCUT2D eigenvalue weighted by Gasteiger charge is -2.33. The molecule has 0 amide bonds. The first-order chi connectivity index (χ1) is 49.1. The Morgan fingerprint density at radius 2 is 0.283 bits per heavy atom. The maximum atomic E-state index is 6.64. The van der Waals surface area contributed by atoms with Gasteiger partial charge in [-0.15, -0.1) is 0 Å². The molecule has 0 saturated carbocycles. The number of rotatable bonds is 92. The molecule has 0 bridgehead atoms. The highest BCUT2D eigenvalue weighted by Gasteiger charge is 2.34. The van der Waals surface area contributed by atoms with Gasteiger partial charge in [0.1, 0.15) is 0 Å². The van der Waals surface area contributed by atoms with Gasteiger partial charge in [-0.1, -0.05) is 0 Å². The minimum Gasteiger partial charge on any atom is -0.381 e. The van der Waals surface area contributed by atoms with E-state index in [9.17, 15) is 0 Å². The summed E-state index contributed by atoms with van der Waals surface area (Å²) in [6, 6.07) is 0. The highest BCUT2D eigenvalue weighted by atomic mass is 32.2. The highest BCUT2D eigenvalue weighted by molar-refractivity contribution is 8.00. The summed E-state index contributed by atoms with van der Waals surface area (Å²) in [7, 11) is 0. The Hall–Kier alpha value is 3.40. The molecule has 0 aromatic rings. The normalized spacial score (nSPS) is 12.2. The largest absolute Gasteiger partial charge is 0.381 e. The van der Waals surface area contributed by atoms with Gasteiger partial charge in [0.25, 0.3) is 0 Å². The van der Waals surface area contributed by atoms with Crippen molar-refractivity contribution in [3.63, 3.8) is 0 Å². The van der Waals surface area contributed by atoms with Crippen LogP contribution in [0, 0.1) is 10.8 Å². The maximum Gasteiger partial charge on any atom is 0.0700 e. The molecule has 0 heterocycles. The Balaban J connectivity index is 6.14. The second kappa shape index (κ2) is 90.3. The molecule has 32 heteroatoms. The van der Waals surface area contributed by atoms with Crippen LogP contribution in [0.15, 0.2) is 0 Å². The van der Waals surface area contributed by atoms with Crippen LogP contribution in [0.3, 0.4) is 0 Å². The number of hydrogen-bond acceptors (Lipinski definition) is 32. The second-order valence-corrected chi connectivity index (χ2v) is 32.3. The fourth-order valence-electron chi connectivity index (χ4n) is 8.29. The first-order valence-corrected chi connectivity index (χ1v) is 46.5. The van der Waals surface area contributed by atoms with Crippen molar-refractivity contribution in [2.24, 2.45) is 10.8 Å². The van der Waals surface area contributed by atoms with Gasteiger partial charge in [0, 0.05) is 122 Å². The molecule has 20 nitrogen and oxygen atoms in total. The monoisotopic (exact) mass is 1640 g/mol. The molecule has 99 heavy (non-hydrogen) atoms. The van der Waals surface area contributed by atoms with Crippen LogP contribution in [0.2, 0.25) is 0 Å². The molecule has 0 saturated heterocycles. The molecule has 0 atom stereocenters. The summed E-state index contributed by atoms with van der Waals surface area (Å²) in [5.41, 5.74) is -1.06. The van der Waals surface area contributed by atoms with E-state index in [0.29, 0.717) is 305 Å². The molecule has 0 aliphatic rings. The lowest BCUT2D eigenvalue weighted by Crippen LogP contribution is -2.42. The van der Waals surface area contributed by atoms with Crippen molar-refractivity contribution >= 4 is 146 Å². The van der Waals surface area contributed by atoms with Crippen molar-refractivity contribution in [1.29, 1.82) is 0 Å². The predicted molar refractivity (Wildman–Crippen MR) is 441 cm³/mol. The maximum absolute atomic E-state index is 6.64. The quantitative estimate of drug-likeness (QED) is 0.0250. The predicted octanol–water partition coefficient (Wildman–Crippen LogP) is 10.00. The minimum atomic E-state index is -0.529. The van der Waals surface area contributed by atoms with Crippen LogP contribution >= 0.6 is 146 Å². The van der Waals surface area contributed by atoms with E-state index in [1.165, 1.54) is 0 Å². The van der Waals surface area contributed by atoms with Gasteiger partial charge in [-0.2, -0.15) is 146 Å². The van der Waals surface area contributed by atoms with Crippen LogP contribution in [0.5, 0.6) is 0 Å². The topological polar surface area (TPSA) is 185 Å². The van der Waals surface area contributed by atoms with Crippen molar-refractivity contribution in [1.82, 2.24) is 0 Å². The molecule has 0 aromatic carbocycles. The summed E-state index contributed by atoms with van der Waals surface area (Å²) in [6.07, 6.45) is 6.17. The molecule has 0 aliphatic carbocycles. The third kappa shape index (κ3) is 80.7. The third-order valence-corrected chi connectivity index (χ3v) is 20.5. The van der Waals surface area contributed by atoms with Crippen molar-refractivity contribution in [2.45, 2.75) is 44.9 Å². The molecule has 0 aliphatic heterocycles. The van der Waals surface area contributed by atoms with Gasteiger partial charge in [-0.05, 0) is 79.5 Å². The van der Waals surface area contributed by atoms with Crippen LogP contribution in [0.4, 0.5) is 0 Å². The molecule has 0 N–H and O–H groups in total. The summed E-state index contributed by atoms with van der Waals surface area (Å²) in [6.45, 7) is 23.3. The van der Waals surface area contributed by atoms with Crippen molar-refractivity contribution in [2.75, 3.05) is 368 Å². The molecule has 0 spiro atoms. The van der Waals surface area contributed by atoms with Gasteiger partial charge in [0.2, 0.25) is 0 Å². The minimum absolute atomic E-state index is 0.412. The summed E-state index contributed by atoms with van der Waals surface area (Å²) in [4.78, 5) is 0. The summed E-state index contributed by atoms with van der Waals surface area (Å²) < 4.78 is 120. The third-order valence-electron chi connectivity index (χ3n) is 13.2. The zero-order valence-electron chi connectivity index (χ0n) is 60.3.